The van der Waals surface area contributed by atoms with E-state index in [1.165, 1.54) is 29.4 Å². The molecule has 7 heteroatoms. The van der Waals surface area contributed by atoms with Crippen molar-refractivity contribution in [2.45, 2.75) is 12.2 Å². The van der Waals surface area contributed by atoms with Gasteiger partial charge in [-0.25, -0.2) is 4.79 Å². The maximum atomic E-state index is 12.2. The van der Waals surface area contributed by atoms with Gasteiger partial charge in [0.1, 0.15) is 0 Å². The van der Waals surface area contributed by atoms with E-state index in [1.54, 1.807) is 0 Å². The summed E-state index contributed by atoms with van der Waals surface area (Å²) in [5, 5.41) is 27.4. The van der Waals surface area contributed by atoms with E-state index in [0.29, 0.717) is 5.56 Å². The van der Waals surface area contributed by atoms with Crippen molar-refractivity contribution in [2.24, 2.45) is 0 Å². The van der Waals surface area contributed by atoms with Gasteiger partial charge in [-0.1, -0.05) is 0 Å². The summed E-state index contributed by atoms with van der Waals surface area (Å²) in [6, 6.07) is 1.51. The molecule has 1 amide bonds. The Morgan fingerprint density at radius 1 is 1.25 bits per heavy atom. The zero-order valence-corrected chi connectivity index (χ0v) is 10.5. The molecule has 1 aromatic rings. The largest absolute Gasteiger partial charge is 0.478 e. The minimum absolute atomic E-state index is 0.0647. The predicted molar refractivity (Wildman–Crippen MR) is 68.8 cm³/mol. The molecule has 1 aliphatic rings. The Balaban J connectivity index is 2.15. The average molecular weight is 278 g/mol. The molecule has 1 aromatic heterocycles. The van der Waals surface area contributed by atoms with E-state index in [0.717, 1.165) is 6.08 Å². The number of hydrogen-bond donors (Lipinski definition) is 3. The first kappa shape index (κ1) is 14.2. The van der Waals surface area contributed by atoms with Gasteiger partial charge >= 0.3 is 5.97 Å². The van der Waals surface area contributed by atoms with Crippen LogP contribution in [-0.4, -0.2) is 62.4 Å². The van der Waals surface area contributed by atoms with Gasteiger partial charge in [0.25, 0.3) is 5.91 Å². The van der Waals surface area contributed by atoms with Crippen molar-refractivity contribution in [1.29, 1.82) is 0 Å². The average Bonchev–Trinajstić information content (AvgIpc) is 2.76. The minimum atomic E-state index is -1.09. The van der Waals surface area contributed by atoms with Crippen LogP contribution < -0.4 is 0 Å². The first-order valence-corrected chi connectivity index (χ1v) is 5.99. The molecule has 2 atom stereocenters. The summed E-state index contributed by atoms with van der Waals surface area (Å²) in [6.45, 7) is 0.129. The zero-order chi connectivity index (χ0) is 14.7. The normalized spacial score (nSPS) is 22.4. The number of aliphatic hydroxyl groups excluding tert-OH is 2. The number of aromatic nitrogens is 1. The van der Waals surface area contributed by atoms with Crippen LogP contribution >= 0.6 is 0 Å². The van der Waals surface area contributed by atoms with Crippen molar-refractivity contribution in [2.75, 3.05) is 13.1 Å². The third kappa shape index (κ3) is 3.19. The molecule has 2 heterocycles. The van der Waals surface area contributed by atoms with Gasteiger partial charge in [0, 0.05) is 31.6 Å². The van der Waals surface area contributed by atoms with Crippen LogP contribution in [0.3, 0.4) is 0 Å². The molecule has 0 spiro atoms. The summed E-state index contributed by atoms with van der Waals surface area (Å²) in [5.41, 5.74) is 0.761. The van der Waals surface area contributed by atoms with E-state index >= 15 is 0 Å². The molecule has 0 aromatic carbocycles. The van der Waals surface area contributed by atoms with Crippen LogP contribution in [0, 0.1) is 0 Å². The smallest absolute Gasteiger partial charge is 0.328 e. The molecule has 0 bridgehead atoms. The number of carbonyl (C=O) groups excluding carboxylic acids is 1. The van der Waals surface area contributed by atoms with Crippen molar-refractivity contribution in [3.63, 3.8) is 0 Å². The number of nitrogens with zero attached hydrogens (tertiary/aromatic N) is 2. The van der Waals surface area contributed by atoms with E-state index in [1.807, 2.05) is 0 Å². The van der Waals surface area contributed by atoms with E-state index in [2.05, 4.69) is 4.98 Å². The third-order valence-corrected chi connectivity index (χ3v) is 2.97. The highest BCUT2D eigenvalue weighted by molar-refractivity contribution is 5.95. The van der Waals surface area contributed by atoms with E-state index < -0.39 is 18.2 Å². The monoisotopic (exact) mass is 278 g/mol. The summed E-state index contributed by atoms with van der Waals surface area (Å²) in [7, 11) is 0. The van der Waals surface area contributed by atoms with Gasteiger partial charge in [-0.3, -0.25) is 9.78 Å². The van der Waals surface area contributed by atoms with Crippen molar-refractivity contribution in [3.8, 4) is 0 Å². The zero-order valence-electron chi connectivity index (χ0n) is 10.5. The minimum Gasteiger partial charge on any atom is -0.478 e. The molecular formula is C13H14N2O5. The lowest BCUT2D eigenvalue weighted by atomic mass is 10.2. The quantitative estimate of drug-likeness (QED) is 0.634. The van der Waals surface area contributed by atoms with Crippen LogP contribution in [-0.2, 0) is 4.79 Å². The molecule has 2 unspecified atom stereocenters. The molecule has 20 heavy (non-hydrogen) atoms. The molecule has 1 aliphatic heterocycles. The number of rotatable bonds is 3. The highest BCUT2D eigenvalue weighted by Gasteiger charge is 2.32. The lowest BCUT2D eigenvalue weighted by molar-refractivity contribution is -0.131. The second-order valence-corrected chi connectivity index (χ2v) is 4.52. The number of carboxylic acid groups (broad SMARTS) is 1. The van der Waals surface area contributed by atoms with Gasteiger partial charge in [-0.15, -0.1) is 0 Å². The Morgan fingerprint density at radius 2 is 1.90 bits per heavy atom. The van der Waals surface area contributed by atoms with Crippen LogP contribution in [0.2, 0.25) is 0 Å². The summed E-state index contributed by atoms with van der Waals surface area (Å²) in [6.07, 6.45) is 3.19. The Hall–Kier alpha value is -2.25. The van der Waals surface area contributed by atoms with Gasteiger partial charge in [-0.2, -0.15) is 0 Å². The van der Waals surface area contributed by atoms with Gasteiger partial charge < -0.3 is 20.2 Å². The molecule has 7 nitrogen and oxygen atoms in total. The van der Waals surface area contributed by atoms with E-state index in [-0.39, 0.29) is 24.6 Å². The molecule has 0 aliphatic carbocycles. The number of β-amino-alcohol motifs (C(OH)–C–C–N with tert-alkyl or cyclic N) is 2. The molecule has 0 saturated carbocycles. The fraction of sp³-hybridized carbons (Fsp3) is 0.308. The Morgan fingerprint density at radius 3 is 2.50 bits per heavy atom. The van der Waals surface area contributed by atoms with Crippen LogP contribution in [0.4, 0.5) is 0 Å². The Bertz CT molecular complexity index is 547. The third-order valence-electron chi connectivity index (χ3n) is 2.97. The molecule has 1 fully saturated rings. The number of hydrogen-bond acceptors (Lipinski definition) is 5. The second-order valence-electron chi connectivity index (χ2n) is 4.52. The molecule has 3 N–H and O–H groups in total. The maximum Gasteiger partial charge on any atom is 0.328 e. The van der Waals surface area contributed by atoms with E-state index in [9.17, 15) is 19.8 Å². The number of aliphatic carboxylic acids is 1. The predicted octanol–water partition coefficient (Wildman–Crippen LogP) is -0.643. The molecule has 1 saturated heterocycles. The number of aliphatic hydroxyl groups is 2. The van der Waals surface area contributed by atoms with Crippen LogP contribution in [0.15, 0.2) is 24.5 Å². The lowest BCUT2D eigenvalue weighted by Gasteiger charge is -2.15. The number of carbonyl (C=O) groups is 2. The fourth-order valence-corrected chi connectivity index (χ4v) is 1.95. The van der Waals surface area contributed by atoms with Crippen molar-refractivity contribution in [1.82, 2.24) is 9.88 Å². The topological polar surface area (TPSA) is 111 Å². The van der Waals surface area contributed by atoms with Crippen molar-refractivity contribution in [3.05, 3.63) is 35.7 Å². The van der Waals surface area contributed by atoms with Crippen molar-refractivity contribution < 1.29 is 24.9 Å². The second kappa shape index (κ2) is 5.81. The molecule has 106 valence electrons. The first-order chi connectivity index (χ1) is 9.47. The highest BCUT2D eigenvalue weighted by Crippen LogP contribution is 2.15. The van der Waals surface area contributed by atoms with Crippen LogP contribution in [0.1, 0.15) is 15.9 Å². The maximum absolute atomic E-state index is 12.2. The highest BCUT2D eigenvalue weighted by atomic mass is 16.4. The summed E-state index contributed by atoms with van der Waals surface area (Å²) in [4.78, 5) is 27.8. The van der Waals surface area contributed by atoms with Crippen LogP contribution in [0.5, 0.6) is 0 Å². The van der Waals surface area contributed by atoms with Crippen LogP contribution in [0.25, 0.3) is 6.08 Å². The standard InChI is InChI=1S/C13H14N2O5/c16-10-6-15(7-11(10)17)13(20)9-3-8(4-14-5-9)1-2-12(18)19/h1-5,10-11,16-17H,6-7H2,(H,18,19)/b2-1+. The fourth-order valence-electron chi connectivity index (χ4n) is 1.95. The van der Waals surface area contributed by atoms with Gasteiger partial charge in [0.05, 0.1) is 17.8 Å². The molecule has 0 radical (unpaired) electrons. The lowest BCUT2D eigenvalue weighted by Crippen LogP contribution is -2.29. The number of amides is 1. The van der Waals surface area contributed by atoms with Gasteiger partial charge in [0.15, 0.2) is 0 Å². The van der Waals surface area contributed by atoms with E-state index in [4.69, 9.17) is 5.11 Å². The Labute approximate surface area is 114 Å². The molecule has 2 rings (SSSR count). The van der Waals surface area contributed by atoms with Gasteiger partial charge in [0.2, 0.25) is 0 Å². The molecular weight excluding hydrogens is 264 g/mol. The summed E-state index contributed by atoms with van der Waals surface area (Å²) in [5.74, 6) is -1.45. The number of carboxylic acids is 1. The summed E-state index contributed by atoms with van der Waals surface area (Å²) >= 11 is 0. The number of pyridine rings is 1. The first-order valence-electron chi connectivity index (χ1n) is 5.99. The van der Waals surface area contributed by atoms with Gasteiger partial charge in [-0.05, 0) is 17.7 Å². The summed E-state index contributed by atoms with van der Waals surface area (Å²) < 4.78 is 0. The number of likely N-dealkylation sites (tertiary alicyclic amines) is 1. The van der Waals surface area contributed by atoms with Crippen molar-refractivity contribution >= 4 is 18.0 Å². The Kier molecular flexibility index (Phi) is 4.11. The SMILES string of the molecule is O=C(O)/C=C/c1cncc(C(=O)N2CC(O)C(O)C2)c1.